The normalized spacial score (nSPS) is 10.6. The minimum Gasteiger partial charge on any atom is -0.494 e. The molecule has 0 aliphatic carbocycles. The number of nitrogens with zero attached hydrogens (tertiary/aromatic N) is 2. The minimum absolute atomic E-state index is 0.0686. The van der Waals surface area contributed by atoms with E-state index in [1.807, 2.05) is 43.3 Å². The van der Waals surface area contributed by atoms with Gasteiger partial charge in [-0.25, -0.2) is 0 Å². The van der Waals surface area contributed by atoms with Gasteiger partial charge < -0.3 is 14.4 Å². The van der Waals surface area contributed by atoms with Crippen LogP contribution in [0, 0.1) is 0 Å². The molecule has 1 heterocycles. The molecule has 0 aliphatic heterocycles. The third kappa shape index (κ3) is 4.68. The van der Waals surface area contributed by atoms with Crippen molar-refractivity contribution in [3.05, 3.63) is 65.3 Å². The first kappa shape index (κ1) is 19.0. The van der Waals surface area contributed by atoms with Crippen molar-refractivity contribution in [2.24, 2.45) is 0 Å². The lowest BCUT2D eigenvalue weighted by Gasteiger charge is -2.18. The predicted molar refractivity (Wildman–Crippen MR) is 106 cm³/mol. The van der Waals surface area contributed by atoms with Gasteiger partial charge in [0.15, 0.2) is 6.61 Å². The largest absolute Gasteiger partial charge is 0.494 e. The standard InChI is InChI=1S/C21H21ClN2O3/c1-3-26-16-8-6-15(7-9-16)13-24(2)20(25)14-27-19-11-10-18(22)17-5-4-12-23-21(17)19/h4-12H,3,13-14H2,1-2H3. The fourth-order valence-corrected chi connectivity index (χ4v) is 2.91. The summed E-state index contributed by atoms with van der Waals surface area (Å²) in [4.78, 5) is 18.4. The number of hydrogen-bond acceptors (Lipinski definition) is 4. The van der Waals surface area contributed by atoms with Crippen LogP contribution in [0.25, 0.3) is 10.9 Å². The highest BCUT2D eigenvalue weighted by Crippen LogP contribution is 2.29. The zero-order chi connectivity index (χ0) is 19.2. The smallest absolute Gasteiger partial charge is 0.260 e. The number of carbonyl (C=O) groups is 1. The van der Waals surface area contributed by atoms with E-state index in [9.17, 15) is 4.79 Å². The summed E-state index contributed by atoms with van der Waals surface area (Å²) in [6.07, 6.45) is 1.67. The molecule has 27 heavy (non-hydrogen) atoms. The van der Waals surface area contributed by atoms with Crippen LogP contribution in [-0.2, 0) is 11.3 Å². The molecule has 0 fully saturated rings. The molecule has 3 aromatic rings. The van der Waals surface area contributed by atoms with E-state index in [1.54, 1.807) is 30.3 Å². The fourth-order valence-electron chi connectivity index (χ4n) is 2.70. The molecule has 0 N–H and O–H groups in total. The molecule has 3 rings (SSSR count). The zero-order valence-corrected chi connectivity index (χ0v) is 16.1. The maximum atomic E-state index is 12.4. The van der Waals surface area contributed by atoms with Crippen LogP contribution in [-0.4, -0.2) is 36.1 Å². The lowest BCUT2D eigenvalue weighted by Crippen LogP contribution is -2.31. The number of carbonyl (C=O) groups excluding carboxylic acids is 1. The van der Waals surface area contributed by atoms with Gasteiger partial charge in [0.05, 0.1) is 11.6 Å². The Balaban J connectivity index is 1.61. The number of ether oxygens (including phenoxy) is 2. The SMILES string of the molecule is CCOc1ccc(CN(C)C(=O)COc2ccc(Cl)c3cccnc23)cc1. The molecule has 0 bridgehead atoms. The summed E-state index contributed by atoms with van der Waals surface area (Å²) in [5.74, 6) is 1.24. The molecule has 0 radical (unpaired) electrons. The highest BCUT2D eigenvalue weighted by Gasteiger charge is 2.13. The molecule has 0 spiro atoms. The van der Waals surface area contributed by atoms with Crippen molar-refractivity contribution in [2.45, 2.75) is 13.5 Å². The molecule has 2 aromatic carbocycles. The van der Waals surface area contributed by atoms with Crippen molar-refractivity contribution in [3.63, 3.8) is 0 Å². The van der Waals surface area contributed by atoms with Crippen LogP contribution in [0.5, 0.6) is 11.5 Å². The average molecular weight is 385 g/mol. The molecule has 1 amide bonds. The van der Waals surface area contributed by atoms with Crippen LogP contribution in [0.1, 0.15) is 12.5 Å². The van der Waals surface area contributed by atoms with Gasteiger partial charge >= 0.3 is 0 Å². The van der Waals surface area contributed by atoms with Gasteiger partial charge in [0.2, 0.25) is 0 Å². The van der Waals surface area contributed by atoms with E-state index >= 15 is 0 Å². The van der Waals surface area contributed by atoms with Crippen LogP contribution in [0.15, 0.2) is 54.7 Å². The van der Waals surface area contributed by atoms with Gasteiger partial charge in [-0.3, -0.25) is 9.78 Å². The first-order valence-corrected chi connectivity index (χ1v) is 9.08. The molecule has 0 saturated carbocycles. The molecule has 0 aliphatic rings. The van der Waals surface area contributed by atoms with E-state index in [0.717, 1.165) is 16.7 Å². The highest BCUT2D eigenvalue weighted by atomic mass is 35.5. The summed E-state index contributed by atoms with van der Waals surface area (Å²) in [6, 6.07) is 14.9. The summed E-state index contributed by atoms with van der Waals surface area (Å²) in [5, 5.41) is 1.40. The predicted octanol–water partition coefficient (Wildman–Crippen LogP) is 4.32. The van der Waals surface area contributed by atoms with Gasteiger partial charge in [-0.1, -0.05) is 23.7 Å². The Labute approximate surface area is 163 Å². The molecule has 0 atom stereocenters. The minimum atomic E-state index is -0.122. The maximum absolute atomic E-state index is 12.4. The number of likely N-dealkylation sites (N-methyl/N-ethyl adjacent to an activating group) is 1. The van der Waals surface area contributed by atoms with Crippen LogP contribution in [0.2, 0.25) is 5.02 Å². The quantitative estimate of drug-likeness (QED) is 0.608. The van der Waals surface area contributed by atoms with Gasteiger partial charge in [-0.05, 0) is 48.9 Å². The molecule has 0 unspecified atom stereocenters. The van der Waals surface area contributed by atoms with Crippen LogP contribution < -0.4 is 9.47 Å². The Morgan fingerprint density at radius 1 is 1.11 bits per heavy atom. The number of amides is 1. The average Bonchev–Trinajstić information content (AvgIpc) is 2.69. The summed E-state index contributed by atoms with van der Waals surface area (Å²) in [5.41, 5.74) is 1.67. The lowest BCUT2D eigenvalue weighted by atomic mass is 10.2. The molecule has 0 saturated heterocycles. The molecule has 6 heteroatoms. The summed E-state index contributed by atoms with van der Waals surface area (Å²) in [6.45, 7) is 3.00. The summed E-state index contributed by atoms with van der Waals surface area (Å²) in [7, 11) is 1.75. The Morgan fingerprint density at radius 3 is 2.63 bits per heavy atom. The van der Waals surface area contributed by atoms with E-state index in [-0.39, 0.29) is 12.5 Å². The van der Waals surface area contributed by atoms with Crippen molar-refractivity contribution >= 4 is 28.4 Å². The Hall–Kier alpha value is -2.79. The Kier molecular flexibility index (Phi) is 6.14. The molecule has 140 valence electrons. The van der Waals surface area contributed by atoms with Crippen LogP contribution >= 0.6 is 11.6 Å². The van der Waals surface area contributed by atoms with Crippen molar-refractivity contribution in [1.29, 1.82) is 0 Å². The van der Waals surface area contributed by atoms with E-state index in [0.29, 0.717) is 29.4 Å². The second kappa shape index (κ2) is 8.73. The Morgan fingerprint density at radius 2 is 1.89 bits per heavy atom. The number of rotatable bonds is 7. The number of aromatic nitrogens is 1. The summed E-state index contributed by atoms with van der Waals surface area (Å²) >= 11 is 6.18. The second-order valence-corrected chi connectivity index (χ2v) is 6.47. The van der Waals surface area contributed by atoms with Crippen molar-refractivity contribution in [2.75, 3.05) is 20.3 Å². The van der Waals surface area contributed by atoms with Crippen LogP contribution in [0.3, 0.4) is 0 Å². The van der Waals surface area contributed by atoms with Crippen LogP contribution in [0.4, 0.5) is 0 Å². The lowest BCUT2D eigenvalue weighted by molar-refractivity contribution is -0.132. The number of halogens is 1. The van der Waals surface area contributed by atoms with Gasteiger partial charge in [-0.2, -0.15) is 0 Å². The second-order valence-electron chi connectivity index (χ2n) is 6.06. The fraction of sp³-hybridized carbons (Fsp3) is 0.238. The van der Waals surface area contributed by atoms with Gasteiger partial charge in [0.25, 0.3) is 5.91 Å². The van der Waals surface area contributed by atoms with E-state index < -0.39 is 0 Å². The Bertz CT molecular complexity index is 928. The number of fused-ring (bicyclic) bond motifs is 1. The maximum Gasteiger partial charge on any atom is 0.260 e. The van der Waals surface area contributed by atoms with Gasteiger partial charge in [0, 0.05) is 25.2 Å². The molecule has 1 aromatic heterocycles. The molecular formula is C21H21ClN2O3. The summed E-state index contributed by atoms with van der Waals surface area (Å²) < 4.78 is 11.1. The van der Waals surface area contributed by atoms with Gasteiger partial charge in [-0.15, -0.1) is 0 Å². The monoisotopic (exact) mass is 384 g/mol. The topological polar surface area (TPSA) is 51.7 Å². The molecular weight excluding hydrogens is 364 g/mol. The molecule has 5 nitrogen and oxygen atoms in total. The number of hydrogen-bond donors (Lipinski definition) is 0. The first-order chi connectivity index (χ1) is 13.1. The third-order valence-electron chi connectivity index (χ3n) is 4.11. The first-order valence-electron chi connectivity index (χ1n) is 8.70. The zero-order valence-electron chi connectivity index (χ0n) is 15.3. The number of benzene rings is 2. The van der Waals surface area contributed by atoms with Crippen molar-refractivity contribution in [3.8, 4) is 11.5 Å². The van der Waals surface area contributed by atoms with Gasteiger partial charge in [0.1, 0.15) is 17.0 Å². The van der Waals surface area contributed by atoms with E-state index in [4.69, 9.17) is 21.1 Å². The highest BCUT2D eigenvalue weighted by molar-refractivity contribution is 6.35. The van der Waals surface area contributed by atoms with Crippen molar-refractivity contribution in [1.82, 2.24) is 9.88 Å². The number of pyridine rings is 1. The van der Waals surface area contributed by atoms with E-state index in [2.05, 4.69) is 4.98 Å². The van der Waals surface area contributed by atoms with E-state index in [1.165, 1.54) is 0 Å². The van der Waals surface area contributed by atoms with Crippen molar-refractivity contribution < 1.29 is 14.3 Å². The third-order valence-corrected chi connectivity index (χ3v) is 4.44.